The lowest BCUT2D eigenvalue weighted by molar-refractivity contribution is -0.168. The highest BCUT2D eigenvalue weighted by atomic mass is 79.9. The zero-order chi connectivity index (χ0) is 19.9. The minimum absolute atomic E-state index is 0.0358. The van der Waals surface area contributed by atoms with Crippen LogP contribution < -0.4 is 0 Å². The Morgan fingerprint density at radius 1 is 0.893 bits per heavy atom. The van der Waals surface area contributed by atoms with E-state index in [-0.39, 0.29) is 12.6 Å². The molecule has 0 bridgehead atoms. The lowest BCUT2D eigenvalue weighted by atomic mass is 10.2. The van der Waals surface area contributed by atoms with Gasteiger partial charge in [-0.1, -0.05) is 15.9 Å². The van der Waals surface area contributed by atoms with E-state index < -0.39 is 0 Å². The second kappa shape index (κ2) is 16.0. The van der Waals surface area contributed by atoms with Crippen LogP contribution >= 0.6 is 54.5 Å². The highest BCUT2D eigenvalue weighted by molar-refractivity contribution is 9.10. The number of rotatable bonds is 5. The first-order valence-corrected chi connectivity index (χ1v) is 13.3. The van der Waals surface area contributed by atoms with Crippen LogP contribution in [-0.4, -0.2) is 31.3 Å². The van der Waals surface area contributed by atoms with Crippen molar-refractivity contribution in [3.8, 4) is 0 Å². The molecule has 2 unspecified atom stereocenters. The number of ether oxygens (including phenoxy) is 4. The average Bonchev–Trinajstić information content (AvgIpc) is 3.43. The fourth-order valence-corrected chi connectivity index (χ4v) is 4.66. The van der Waals surface area contributed by atoms with E-state index in [1.165, 1.54) is 35.7 Å². The van der Waals surface area contributed by atoms with Gasteiger partial charge in [0.05, 0.1) is 6.61 Å². The van der Waals surface area contributed by atoms with Gasteiger partial charge in [-0.25, -0.2) is 0 Å². The van der Waals surface area contributed by atoms with Crippen LogP contribution in [0.4, 0.5) is 0 Å². The van der Waals surface area contributed by atoms with Crippen molar-refractivity contribution in [3.05, 3.63) is 43.7 Å². The van der Waals surface area contributed by atoms with Crippen molar-refractivity contribution in [2.75, 3.05) is 18.7 Å². The lowest BCUT2D eigenvalue weighted by Gasteiger charge is -2.22. The molecule has 8 heteroatoms. The lowest BCUT2D eigenvalue weighted by Crippen LogP contribution is -2.21. The molecule has 2 fully saturated rings. The Kier molecular flexibility index (Phi) is 14.0. The van der Waals surface area contributed by atoms with Crippen LogP contribution in [0.25, 0.3) is 0 Å². The number of thiophene rings is 2. The standard InChI is InChI=1S/C10H14O2S.C6H11BrO2.C4H3BrS/c1-2-5-11-10(3-1)12-7-9-4-6-13-8-9;7-5-9-6-3-1-2-4-8-6;5-4-1-2-6-3-4/h4,6,8,10H,1-3,5,7H2;6H,1-5H2;1-3H. The first-order chi connectivity index (χ1) is 13.8. The third kappa shape index (κ3) is 11.4. The monoisotopic (exact) mass is 554 g/mol. The molecule has 28 heavy (non-hydrogen) atoms. The minimum Gasteiger partial charge on any atom is -0.353 e. The van der Waals surface area contributed by atoms with Gasteiger partial charge in [-0.3, -0.25) is 0 Å². The molecule has 0 aromatic carbocycles. The van der Waals surface area contributed by atoms with Gasteiger partial charge in [0, 0.05) is 23.1 Å². The van der Waals surface area contributed by atoms with Crippen LogP contribution in [-0.2, 0) is 25.6 Å². The Bertz CT molecular complexity index is 566. The van der Waals surface area contributed by atoms with Gasteiger partial charge in [0.1, 0.15) is 5.52 Å². The maximum absolute atomic E-state index is 5.61. The van der Waals surface area contributed by atoms with E-state index in [4.69, 9.17) is 18.9 Å². The van der Waals surface area contributed by atoms with Crippen LogP contribution in [0.15, 0.2) is 38.1 Å². The molecule has 0 spiro atoms. The zero-order valence-electron chi connectivity index (χ0n) is 15.9. The van der Waals surface area contributed by atoms with E-state index >= 15 is 0 Å². The maximum Gasteiger partial charge on any atom is 0.158 e. The average molecular weight is 556 g/mol. The second-order valence-electron chi connectivity index (χ2n) is 6.25. The summed E-state index contributed by atoms with van der Waals surface area (Å²) in [6.45, 7) is 2.40. The molecule has 0 amide bonds. The van der Waals surface area contributed by atoms with Crippen molar-refractivity contribution in [1.29, 1.82) is 0 Å². The first kappa shape index (κ1) is 24.5. The Balaban J connectivity index is 0.000000162. The molecular weight excluding hydrogens is 528 g/mol. The molecule has 158 valence electrons. The van der Waals surface area contributed by atoms with Crippen molar-refractivity contribution in [2.45, 2.75) is 57.7 Å². The maximum atomic E-state index is 5.61. The van der Waals surface area contributed by atoms with E-state index in [9.17, 15) is 0 Å². The largest absolute Gasteiger partial charge is 0.353 e. The SMILES string of the molecule is BrCOC1CCCCO1.Brc1ccsc1.c1cc(COC2CCCCO2)cs1. The van der Waals surface area contributed by atoms with Crippen LogP contribution in [0.5, 0.6) is 0 Å². The fraction of sp³-hybridized carbons (Fsp3) is 0.600. The van der Waals surface area contributed by atoms with Gasteiger partial charge in [0.25, 0.3) is 0 Å². The van der Waals surface area contributed by atoms with Gasteiger partial charge in [0.15, 0.2) is 12.6 Å². The number of halogens is 2. The van der Waals surface area contributed by atoms with E-state index in [0.29, 0.717) is 12.1 Å². The Morgan fingerprint density at radius 2 is 1.54 bits per heavy atom. The molecule has 0 aliphatic carbocycles. The zero-order valence-corrected chi connectivity index (χ0v) is 20.7. The van der Waals surface area contributed by atoms with E-state index in [2.05, 4.69) is 48.7 Å². The predicted octanol–water partition coefficient (Wildman–Crippen LogP) is 7.18. The van der Waals surface area contributed by atoms with Crippen molar-refractivity contribution < 1.29 is 18.9 Å². The van der Waals surface area contributed by atoms with Gasteiger partial charge >= 0.3 is 0 Å². The Labute approximate surface area is 192 Å². The summed E-state index contributed by atoms with van der Waals surface area (Å²) in [5.74, 6) is 0. The summed E-state index contributed by atoms with van der Waals surface area (Å²) in [5, 5.41) is 8.26. The molecule has 2 saturated heterocycles. The fourth-order valence-electron chi connectivity index (χ4n) is 2.57. The van der Waals surface area contributed by atoms with Gasteiger partial charge < -0.3 is 18.9 Å². The molecule has 4 nitrogen and oxygen atoms in total. The predicted molar refractivity (Wildman–Crippen MR) is 123 cm³/mol. The van der Waals surface area contributed by atoms with Crippen molar-refractivity contribution in [2.24, 2.45) is 0 Å². The Morgan fingerprint density at radius 3 is 1.96 bits per heavy atom. The molecular formula is C20H28Br2O4S2. The van der Waals surface area contributed by atoms with E-state index in [1.807, 2.05) is 16.8 Å². The highest BCUT2D eigenvalue weighted by Gasteiger charge is 2.14. The second-order valence-corrected chi connectivity index (χ2v) is 9.19. The minimum atomic E-state index is 0.0358. The van der Waals surface area contributed by atoms with Crippen LogP contribution in [0.3, 0.4) is 0 Å². The van der Waals surface area contributed by atoms with Crippen molar-refractivity contribution in [3.63, 3.8) is 0 Å². The summed E-state index contributed by atoms with van der Waals surface area (Å²) in [7, 11) is 0. The first-order valence-electron chi connectivity index (χ1n) is 9.49. The smallest absolute Gasteiger partial charge is 0.158 e. The number of hydrogen-bond acceptors (Lipinski definition) is 6. The normalized spacial score (nSPS) is 21.8. The van der Waals surface area contributed by atoms with Gasteiger partial charge in [-0.05, 0) is 88.3 Å². The molecule has 2 atom stereocenters. The van der Waals surface area contributed by atoms with Gasteiger partial charge in [-0.15, -0.1) is 0 Å². The van der Waals surface area contributed by atoms with Crippen molar-refractivity contribution in [1.82, 2.24) is 0 Å². The van der Waals surface area contributed by atoms with E-state index in [1.54, 1.807) is 22.7 Å². The highest BCUT2D eigenvalue weighted by Crippen LogP contribution is 2.16. The molecule has 4 rings (SSSR count). The molecule has 2 aliphatic heterocycles. The molecule has 0 N–H and O–H groups in total. The van der Waals surface area contributed by atoms with Crippen LogP contribution in [0.2, 0.25) is 0 Å². The molecule has 0 saturated carbocycles. The quantitative estimate of drug-likeness (QED) is 0.366. The summed E-state index contributed by atoms with van der Waals surface area (Å²) < 4.78 is 22.7. The van der Waals surface area contributed by atoms with E-state index in [0.717, 1.165) is 26.1 Å². The van der Waals surface area contributed by atoms with Gasteiger partial charge in [0.2, 0.25) is 0 Å². The third-order valence-corrected chi connectivity index (χ3v) is 6.50. The third-order valence-electron chi connectivity index (χ3n) is 4.03. The number of alkyl halides is 1. The molecule has 2 aromatic heterocycles. The molecule has 2 aliphatic rings. The topological polar surface area (TPSA) is 36.9 Å². The summed E-state index contributed by atoms with van der Waals surface area (Å²) >= 11 is 9.87. The molecule has 2 aromatic rings. The number of hydrogen-bond donors (Lipinski definition) is 0. The molecule has 0 radical (unpaired) electrons. The summed E-state index contributed by atoms with van der Waals surface area (Å²) in [5.41, 5.74) is 1.83. The summed E-state index contributed by atoms with van der Waals surface area (Å²) in [6, 6.07) is 4.11. The Hall–Kier alpha value is 0.200. The van der Waals surface area contributed by atoms with Gasteiger partial charge in [-0.2, -0.15) is 22.7 Å². The molecule has 4 heterocycles. The summed E-state index contributed by atoms with van der Waals surface area (Å²) in [4.78, 5) is 0. The summed E-state index contributed by atoms with van der Waals surface area (Å²) in [6.07, 6.45) is 7.01. The van der Waals surface area contributed by atoms with Crippen LogP contribution in [0.1, 0.15) is 44.1 Å². The van der Waals surface area contributed by atoms with Crippen molar-refractivity contribution >= 4 is 54.5 Å². The van der Waals surface area contributed by atoms with Crippen LogP contribution in [0, 0.1) is 0 Å².